The highest BCUT2D eigenvalue weighted by atomic mass is 16.5. The van der Waals surface area contributed by atoms with Crippen LogP contribution in [0.1, 0.15) is 32.0 Å². The number of aromatic amines is 1. The average molecular weight is 251 g/mol. The molecule has 1 aromatic heterocycles. The van der Waals surface area contributed by atoms with Crippen molar-refractivity contribution in [2.45, 2.75) is 32.6 Å². The van der Waals surface area contributed by atoms with E-state index in [2.05, 4.69) is 33.4 Å². The number of allylic oxidation sites excluding steroid dienone is 2. The molecule has 3 atom stereocenters. The Labute approximate surface area is 106 Å². The van der Waals surface area contributed by atoms with Crippen molar-refractivity contribution >= 4 is 0 Å². The second kappa shape index (κ2) is 5.52. The molecule has 0 saturated heterocycles. The molecule has 0 bridgehead atoms. The second-order valence-electron chi connectivity index (χ2n) is 4.96. The number of nitrogens with two attached hydrogens (primary N) is 1. The van der Waals surface area contributed by atoms with Crippen LogP contribution in [0.3, 0.4) is 0 Å². The summed E-state index contributed by atoms with van der Waals surface area (Å²) in [6.45, 7) is 2.22. The molecule has 3 N–H and O–H groups in total. The molecule has 3 rings (SSSR count). The van der Waals surface area contributed by atoms with Gasteiger partial charge in [-0.3, -0.25) is 9.51 Å². The standard InChI is InChI=1S/C12H16N2O2.CH5N/c1-2-7-3-8-5-9(10(8)4-7)6-11-13-12(15)16-14-11;1-2/h4,8-10H,2-3,5-6H2,1H3,(H,13,14,15);2H2,1H3/t8-,9-,10-;/m1./s1. The fraction of sp³-hybridized carbons (Fsp3) is 0.692. The molecule has 1 heterocycles. The van der Waals surface area contributed by atoms with Crippen LogP contribution in [0.4, 0.5) is 0 Å². The number of nitrogens with one attached hydrogen (secondary N) is 1. The molecular formula is C13H21N3O2. The number of hydrogen-bond acceptors (Lipinski definition) is 4. The third kappa shape index (κ3) is 2.41. The van der Waals surface area contributed by atoms with E-state index in [1.807, 2.05) is 0 Å². The predicted molar refractivity (Wildman–Crippen MR) is 69.0 cm³/mol. The smallest absolute Gasteiger partial charge is 0.333 e. The summed E-state index contributed by atoms with van der Waals surface area (Å²) in [6, 6.07) is 0. The van der Waals surface area contributed by atoms with Crippen LogP contribution in [0, 0.1) is 17.8 Å². The molecule has 2 aliphatic rings. The van der Waals surface area contributed by atoms with Crippen molar-refractivity contribution in [2.75, 3.05) is 7.05 Å². The zero-order valence-electron chi connectivity index (χ0n) is 11.0. The number of rotatable bonds is 3. The summed E-state index contributed by atoms with van der Waals surface area (Å²) in [4.78, 5) is 13.4. The molecular weight excluding hydrogens is 230 g/mol. The lowest BCUT2D eigenvalue weighted by atomic mass is 9.65. The van der Waals surface area contributed by atoms with E-state index < -0.39 is 5.76 Å². The lowest BCUT2D eigenvalue weighted by Crippen LogP contribution is -2.34. The SMILES string of the molecule is CCC1=C[C@@H]2[C@H](C1)C[C@@H]2Cc1noc(=O)[nH]1.CN. The highest BCUT2D eigenvalue weighted by Gasteiger charge is 2.43. The van der Waals surface area contributed by atoms with Crippen LogP contribution in [0.5, 0.6) is 0 Å². The number of aromatic nitrogens is 2. The molecule has 100 valence electrons. The fourth-order valence-electron chi connectivity index (χ4n) is 3.14. The summed E-state index contributed by atoms with van der Waals surface area (Å²) in [7, 11) is 1.50. The van der Waals surface area contributed by atoms with E-state index in [4.69, 9.17) is 0 Å². The van der Waals surface area contributed by atoms with Crippen molar-refractivity contribution in [2.24, 2.45) is 23.5 Å². The quantitative estimate of drug-likeness (QED) is 0.797. The van der Waals surface area contributed by atoms with Crippen LogP contribution in [-0.4, -0.2) is 17.2 Å². The van der Waals surface area contributed by atoms with Crippen molar-refractivity contribution < 1.29 is 4.52 Å². The van der Waals surface area contributed by atoms with Gasteiger partial charge in [-0.05, 0) is 44.1 Å². The zero-order chi connectivity index (χ0) is 13.1. The van der Waals surface area contributed by atoms with Crippen LogP contribution in [0.15, 0.2) is 21.0 Å². The normalized spacial score (nSPS) is 28.8. The van der Waals surface area contributed by atoms with E-state index in [1.54, 1.807) is 5.57 Å². The van der Waals surface area contributed by atoms with Crippen molar-refractivity contribution in [3.8, 4) is 0 Å². The minimum Gasteiger partial charge on any atom is -0.333 e. The molecule has 2 aliphatic carbocycles. The number of nitrogens with zero attached hydrogens (tertiary/aromatic N) is 1. The highest BCUT2D eigenvalue weighted by molar-refractivity contribution is 5.19. The van der Waals surface area contributed by atoms with E-state index in [-0.39, 0.29) is 0 Å². The van der Waals surface area contributed by atoms with Gasteiger partial charge < -0.3 is 5.73 Å². The molecule has 0 spiro atoms. The van der Waals surface area contributed by atoms with Gasteiger partial charge in [-0.2, -0.15) is 0 Å². The minimum atomic E-state index is -0.443. The van der Waals surface area contributed by atoms with E-state index in [9.17, 15) is 4.79 Å². The summed E-state index contributed by atoms with van der Waals surface area (Å²) in [5.41, 5.74) is 6.10. The van der Waals surface area contributed by atoms with Gasteiger partial charge in [-0.25, -0.2) is 4.79 Å². The summed E-state index contributed by atoms with van der Waals surface area (Å²) in [6.07, 6.45) is 7.02. The summed E-state index contributed by atoms with van der Waals surface area (Å²) in [5, 5.41) is 3.73. The number of fused-ring (bicyclic) bond motifs is 1. The van der Waals surface area contributed by atoms with Crippen molar-refractivity contribution in [3.63, 3.8) is 0 Å². The number of H-pyrrole nitrogens is 1. The van der Waals surface area contributed by atoms with Crippen LogP contribution in [-0.2, 0) is 6.42 Å². The molecule has 0 aliphatic heterocycles. The monoisotopic (exact) mass is 251 g/mol. The van der Waals surface area contributed by atoms with Crippen LogP contribution in [0.25, 0.3) is 0 Å². The fourth-order valence-corrected chi connectivity index (χ4v) is 3.14. The molecule has 1 saturated carbocycles. The van der Waals surface area contributed by atoms with Gasteiger partial charge in [0.15, 0.2) is 5.82 Å². The van der Waals surface area contributed by atoms with Crippen LogP contribution in [0.2, 0.25) is 0 Å². The largest absolute Gasteiger partial charge is 0.438 e. The Kier molecular flexibility index (Phi) is 4.01. The van der Waals surface area contributed by atoms with Gasteiger partial charge in [-0.1, -0.05) is 23.7 Å². The topological polar surface area (TPSA) is 84.9 Å². The van der Waals surface area contributed by atoms with Gasteiger partial charge in [0.25, 0.3) is 0 Å². The van der Waals surface area contributed by atoms with Gasteiger partial charge in [-0.15, -0.1) is 0 Å². The molecule has 5 nitrogen and oxygen atoms in total. The maximum Gasteiger partial charge on any atom is 0.438 e. The van der Waals surface area contributed by atoms with E-state index in [0.29, 0.717) is 11.7 Å². The maximum absolute atomic E-state index is 10.8. The predicted octanol–water partition coefficient (Wildman–Crippen LogP) is 1.47. The van der Waals surface area contributed by atoms with Crippen molar-refractivity contribution in [3.05, 3.63) is 28.0 Å². The highest BCUT2D eigenvalue weighted by Crippen LogP contribution is 2.51. The molecule has 18 heavy (non-hydrogen) atoms. The Hall–Kier alpha value is -1.36. The first-order valence-electron chi connectivity index (χ1n) is 6.58. The van der Waals surface area contributed by atoms with Gasteiger partial charge in [0.2, 0.25) is 0 Å². The van der Waals surface area contributed by atoms with Crippen LogP contribution >= 0.6 is 0 Å². The van der Waals surface area contributed by atoms with Gasteiger partial charge in [0.05, 0.1) is 0 Å². The molecule has 5 heteroatoms. The Morgan fingerprint density at radius 2 is 2.33 bits per heavy atom. The molecule has 0 aromatic carbocycles. The molecule has 0 radical (unpaired) electrons. The lowest BCUT2D eigenvalue weighted by Gasteiger charge is -2.39. The molecule has 0 amide bonds. The number of hydrogen-bond donors (Lipinski definition) is 2. The lowest BCUT2D eigenvalue weighted by molar-refractivity contribution is 0.126. The van der Waals surface area contributed by atoms with Crippen molar-refractivity contribution in [1.29, 1.82) is 0 Å². The molecule has 1 fully saturated rings. The van der Waals surface area contributed by atoms with Crippen LogP contribution < -0.4 is 11.5 Å². The second-order valence-corrected chi connectivity index (χ2v) is 4.96. The Morgan fingerprint density at radius 3 is 2.94 bits per heavy atom. The first-order chi connectivity index (χ1) is 8.76. The molecule has 0 unspecified atom stereocenters. The molecule has 1 aromatic rings. The summed E-state index contributed by atoms with van der Waals surface area (Å²) in [5.74, 6) is 2.48. The first kappa shape index (κ1) is 13.1. The Bertz CT molecular complexity index is 475. The third-order valence-corrected chi connectivity index (χ3v) is 4.04. The van der Waals surface area contributed by atoms with E-state index in [1.165, 1.54) is 26.3 Å². The van der Waals surface area contributed by atoms with Gasteiger partial charge in [0, 0.05) is 6.42 Å². The van der Waals surface area contributed by atoms with E-state index in [0.717, 1.165) is 18.3 Å². The average Bonchev–Trinajstić information content (AvgIpc) is 2.93. The van der Waals surface area contributed by atoms with E-state index >= 15 is 0 Å². The Morgan fingerprint density at radius 1 is 1.56 bits per heavy atom. The van der Waals surface area contributed by atoms with Gasteiger partial charge in [0.1, 0.15) is 0 Å². The van der Waals surface area contributed by atoms with Gasteiger partial charge >= 0.3 is 5.76 Å². The summed E-state index contributed by atoms with van der Waals surface area (Å²) >= 11 is 0. The maximum atomic E-state index is 10.8. The van der Waals surface area contributed by atoms with Crippen molar-refractivity contribution in [1.82, 2.24) is 10.1 Å². The zero-order valence-corrected chi connectivity index (χ0v) is 11.0. The minimum absolute atomic E-state index is 0.443. The first-order valence-corrected chi connectivity index (χ1v) is 6.58. The summed E-state index contributed by atoms with van der Waals surface area (Å²) < 4.78 is 4.51. The third-order valence-electron chi connectivity index (χ3n) is 4.04. The Balaban J connectivity index is 0.000000574.